The van der Waals surface area contributed by atoms with Crippen LogP contribution in [0.15, 0.2) is 4.47 Å². The quantitative estimate of drug-likeness (QED) is 0.622. The number of hydrogen-bond donors (Lipinski definition) is 1. The molecule has 5 heteroatoms. The van der Waals surface area contributed by atoms with Crippen LogP contribution in [0.4, 0.5) is 0 Å². The smallest absolute Gasteiger partial charge is 0.144 e. The van der Waals surface area contributed by atoms with Crippen LogP contribution in [0.3, 0.4) is 0 Å². The predicted octanol–water partition coefficient (Wildman–Crippen LogP) is 4.86. The highest BCUT2D eigenvalue weighted by Crippen LogP contribution is 2.37. The van der Waals surface area contributed by atoms with Crippen LogP contribution < -0.4 is 0 Å². The van der Waals surface area contributed by atoms with Crippen molar-refractivity contribution in [1.82, 2.24) is 9.97 Å². The first kappa shape index (κ1) is 12.5. The summed E-state index contributed by atoms with van der Waals surface area (Å²) < 4.78 is 1.55. The molecule has 1 aliphatic rings. The van der Waals surface area contributed by atoms with E-state index < -0.39 is 0 Å². The number of nitrogens with zero attached hydrogens (tertiary/aromatic N) is 1. The van der Waals surface area contributed by atoms with Gasteiger partial charge in [0, 0.05) is 11.6 Å². The molecule has 0 saturated heterocycles. The van der Waals surface area contributed by atoms with Crippen LogP contribution in [-0.4, -0.2) is 9.97 Å². The summed E-state index contributed by atoms with van der Waals surface area (Å²) in [5, 5.41) is -0.130. The summed E-state index contributed by atoms with van der Waals surface area (Å²) in [6, 6.07) is 0. The van der Waals surface area contributed by atoms with E-state index in [0.29, 0.717) is 10.6 Å². The lowest BCUT2D eigenvalue weighted by atomic mass is 10.0. The van der Waals surface area contributed by atoms with Crippen molar-refractivity contribution in [2.24, 2.45) is 0 Å². The SMILES string of the molecule is CC(Cl)c1nc(=S)c(Br)c(C2CCCC2)[nH]1. The third-order valence-electron chi connectivity index (χ3n) is 3.05. The van der Waals surface area contributed by atoms with Gasteiger partial charge >= 0.3 is 0 Å². The molecule has 0 radical (unpaired) electrons. The number of halogens is 2. The monoisotopic (exact) mass is 320 g/mol. The molecule has 1 N–H and O–H groups in total. The van der Waals surface area contributed by atoms with Gasteiger partial charge in [-0.25, -0.2) is 4.98 Å². The van der Waals surface area contributed by atoms with Gasteiger partial charge in [0.05, 0.1) is 9.85 Å². The number of H-pyrrole nitrogens is 1. The molecule has 0 aliphatic heterocycles. The van der Waals surface area contributed by atoms with Crippen LogP contribution in [-0.2, 0) is 0 Å². The zero-order chi connectivity index (χ0) is 11.7. The third kappa shape index (κ3) is 2.49. The molecule has 1 aromatic heterocycles. The predicted molar refractivity (Wildman–Crippen MR) is 72.6 cm³/mol. The Morgan fingerprint density at radius 2 is 2.12 bits per heavy atom. The average Bonchev–Trinajstić information content (AvgIpc) is 2.74. The Morgan fingerprint density at radius 3 is 2.69 bits per heavy atom. The Morgan fingerprint density at radius 1 is 1.50 bits per heavy atom. The Hall–Kier alpha value is 0.0700. The molecule has 1 aromatic rings. The Labute approximate surface area is 114 Å². The molecule has 2 nitrogen and oxygen atoms in total. The normalized spacial score (nSPS) is 18.9. The van der Waals surface area contributed by atoms with Gasteiger partial charge in [0.25, 0.3) is 0 Å². The van der Waals surface area contributed by atoms with E-state index >= 15 is 0 Å². The summed E-state index contributed by atoms with van der Waals surface area (Å²) in [4.78, 5) is 7.62. The van der Waals surface area contributed by atoms with Crippen molar-refractivity contribution in [2.45, 2.75) is 43.9 Å². The van der Waals surface area contributed by atoms with Crippen molar-refractivity contribution in [3.63, 3.8) is 0 Å². The van der Waals surface area contributed by atoms with Crippen LogP contribution in [0, 0.1) is 4.64 Å². The molecule has 1 atom stereocenters. The standard InChI is InChI=1S/C11H14BrClN2S/c1-6(13)10-14-9(7-4-2-3-5-7)8(12)11(16)15-10/h6-7H,2-5H2,1H3,(H,14,15,16). The molecule has 0 amide bonds. The van der Waals surface area contributed by atoms with Gasteiger partial charge in [0.1, 0.15) is 10.5 Å². The molecule has 0 aromatic carbocycles. The lowest BCUT2D eigenvalue weighted by Gasteiger charge is -2.14. The van der Waals surface area contributed by atoms with Crippen LogP contribution in [0.1, 0.15) is 55.4 Å². The van der Waals surface area contributed by atoms with Crippen LogP contribution in [0.2, 0.25) is 0 Å². The minimum Gasteiger partial charge on any atom is -0.345 e. The molecule has 1 heterocycles. The molecule has 1 saturated carbocycles. The molecule has 1 unspecified atom stereocenters. The first-order chi connectivity index (χ1) is 7.59. The minimum atomic E-state index is -0.130. The van der Waals surface area contributed by atoms with Crippen molar-refractivity contribution in [3.05, 3.63) is 20.6 Å². The molecule has 88 valence electrons. The van der Waals surface area contributed by atoms with Crippen LogP contribution >= 0.6 is 39.7 Å². The molecule has 0 spiro atoms. The Bertz CT molecular complexity index is 438. The number of alkyl halides is 1. The second-order valence-corrected chi connectivity index (χ2v) is 6.09. The lowest BCUT2D eigenvalue weighted by molar-refractivity contribution is 0.676. The lowest BCUT2D eigenvalue weighted by Crippen LogP contribution is -2.05. The zero-order valence-corrected chi connectivity index (χ0v) is 12.3. The summed E-state index contributed by atoms with van der Waals surface area (Å²) in [6.07, 6.45) is 5.05. The van der Waals surface area contributed by atoms with Gasteiger partial charge in [-0.2, -0.15) is 0 Å². The van der Waals surface area contributed by atoms with Crippen molar-refractivity contribution in [3.8, 4) is 0 Å². The number of hydrogen-bond acceptors (Lipinski definition) is 2. The second kappa shape index (κ2) is 5.15. The zero-order valence-electron chi connectivity index (χ0n) is 9.09. The highest BCUT2D eigenvalue weighted by atomic mass is 79.9. The first-order valence-electron chi connectivity index (χ1n) is 5.53. The van der Waals surface area contributed by atoms with E-state index in [1.165, 1.54) is 31.4 Å². The first-order valence-corrected chi connectivity index (χ1v) is 7.17. The van der Waals surface area contributed by atoms with Crippen LogP contribution in [0.25, 0.3) is 0 Å². The van der Waals surface area contributed by atoms with Gasteiger partial charge in [0.2, 0.25) is 0 Å². The fraction of sp³-hybridized carbons (Fsp3) is 0.636. The maximum Gasteiger partial charge on any atom is 0.144 e. The topological polar surface area (TPSA) is 28.7 Å². The van der Waals surface area contributed by atoms with E-state index in [0.717, 1.165) is 10.3 Å². The van der Waals surface area contributed by atoms with Crippen molar-refractivity contribution in [2.75, 3.05) is 0 Å². The van der Waals surface area contributed by atoms with E-state index in [9.17, 15) is 0 Å². The Kier molecular flexibility index (Phi) is 4.03. The maximum absolute atomic E-state index is 6.05. The maximum atomic E-state index is 6.05. The number of nitrogens with one attached hydrogen (secondary N) is 1. The van der Waals surface area contributed by atoms with E-state index in [1.54, 1.807) is 0 Å². The number of aromatic nitrogens is 2. The summed E-state index contributed by atoms with van der Waals surface area (Å²) >= 11 is 14.8. The molecule has 0 bridgehead atoms. The molecule has 2 rings (SSSR count). The summed E-state index contributed by atoms with van der Waals surface area (Å²) in [7, 11) is 0. The van der Waals surface area contributed by atoms with Crippen molar-refractivity contribution < 1.29 is 0 Å². The molecular formula is C11H14BrClN2S. The molecule has 16 heavy (non-hydrogen) atoms. The summed E-state index contributed by atoms with van der Waals surface area (Å²) in [5.74, 6) is 1.35. The largest absolute Gasteiger partial charge is 0.345 e. The van der Waals surface area contributed by atoms with Crippen LogP contribution in [0.5, 0.6) is 0 Å². The Balaban J connectivity index is 2.46. The average molecular weight is 322 g/mol. The van der Waals surface area contributed by atoms with Crippen molar-refractivity contribution >= 4 is 39.7 Å². The van der Waals surface area contributed by atoms with Gasteiger partial charge in [-0.05, 0) is 35.7 Å². The van der Waals surface area contributed by atoms with E-state index in [-0.39, 0.29) is 5.38 Å². The second-order valence-electron chi connectivity index (χ2n) is 4.25. The van der Waals surface area contributed by atoms with E-state index in [4.69, 9.17) is 23.8 Å². The highest BCUT2D eigenvalue weighted by Gasteiger charge is 2.22. The summed E-state index contributed by atoms with van der Waals surface area (Å²) in [6.45, 7) is 1.90. The van der Waals surface area contributed by atoms with Gasteiger partial charge in [-0.15, -0.1) is 11.6 Å². The van der Waals surface area contributed by atoms with E-state index in [2.05, 4.69) is 25.9 Å². The molecule has 1 fully saturated rings. The van der Waals surface area contributed by atoms with Gasteiger partial charge in [-0.1, -0.05) is 25.1 Å². The summed E-state index contributed by atoms with van der Waals surface area (Å²) in [5.41, 5.74) is 1.18. The minimum absolute atomic E-state index is 0.130. The molecular weight excluding hydrogens is 308 g/mol. The highest BCUT2D eigenvalue weighted by molar-refractivity contribution is 9.10. The number of aromatic amines is 1. The van der Waals surface area contributed by atoms with E-state index in [1.807, 2.05) is 6.92 Å². The molecule has 1 aliphatic carbocycles. The van der Waals surface area contributed by atoms with Gasteiger partial charge < -0.3 is 4.98 Å². The third-order valence-corrected chi connectivity index (χ3v) is 4.62. The fourth-order valence-electron chi connectivity index (χ4n) is 2.18. The fourth-order valence-corrected chi connectivity index (χ4v) is 3.00. The number of rotatable bonds is 2. The van der Waals surface area contributed by atoms with Gasteiger partial charge in [-0.3, -0.25) is 0 Å². The van der Waals surface area contributed by atoms with Gasteiger partial charge in [0.15, 0.2) is 0 Å². The van der Waals surface area contributed by atoms with Crippen molar-refractivity contribution in [1.29, 1.82) is 0 Å².